The molecule has 0 radical (unpaired) electrons. The van der Waals surface area contributed by atoms with Crippen molar-refractivity contribution in [3.05, 3.63) is 29.8 Å². The summed E-state index contributed by atoms with van der Waals surface area (Å²) < 4.78 is 37.9. The molecule has 0 fully saturated rings. The van der Waals surface area contributed by atoms with Gasteiger partial charge >= 0.3 is 5.51 Å². The molecule has 0 spiro atoms. The van der Waals surface area contributed by atoms with Crippen molar-refractivity contribution in [3.8, 4) is 0 Å². The first-order valence-electron chi connectivity index (χ1n) is 4.44. The second-order valence-corrected chi connectivity index (χ2v) is 5.34. The van der Waals surface area contributed by atoms with Gasteiger partial charge in [-0.15, -0.1) is 13.2 Å². The molecule has 0 nitrogen and oxygen atoms in total. The van der Waals surface area contributed by atoms with Crippen molar-refractivity contribution in [1.82, 2.24) is 0 Å². The summed E-state index contributed by atoms with van der Waals surface area (Å²) in [5.74, 6) is 0.264. The smallest absolute Gasteiger partial charge is 0.122 e. The van der Waals surface area contributed by atoms with Crippen molar-refractivity contribution in [3.63, 3.8) is 0 Å². The molecule has 1 aromatic carbocycles. The number of hydrogen-bond donors (Lipinski definition) is 0. The number of benzene rings is 1. The summed E-state index contributed by atoms with van der Waals surface area (Å²) in [6.45, 7) is 0. The third-order valence-corrected chi connectivity index (χ3v) is 4.50. The van der Waals surface area contributed by atoms with Crippen molar-refractivity contribution in [2.24, 2.45) is 0 Å². The van der Waals surface area contributed by atoms with Gasteiger partial charge in [-0.3, -0.25) is 0 Å². The molecule has 1 aliphatic heterocycles. The van der Waals surface area contributed by atoms with Crippen molar-refractivity contribution in [2.45, 2.75) is 23.2 Å². The third kappa shape index (κ3) is 1.75. The van der Waals surface area contributed by atoms with Crippen LogP contribution in [0.3, 0.4) is 0 Å². The maximum absolute atomic E-state index is 12.6. The molecule has 0 amide bonds. The monoisotopic (exact) mass is 219 g/mol. The van der Waals surface area contributed by atoms with Gasteiger partial charge in [0, 0.05) is 5.56 Å². The van der Waals surface area contributed by atoms with Crippen LogP contribution in [0.1, 0.15) is 12.0 Å². The molecule has 1 aromatic rings. The molecular formula is C10H10F3S+. The van der Waals surface area contributed by atoms with Gasteiger partial charge in [-0.2, -0.15) is 0 Å². The van der Waals surface area contributed by atoms with E-state index in [-0.39, 0.29) is 5.75 Å². The molecule has 0 aliphatic carbocycles. The number of fused-ring (bicyclic) bond motifs is 1. The summed E-state index contributed by atoms with van der Waals surface area (Å²) in [4.78, 5) is 0.506. The van der Waals surface area contributed by atoms with E-state index in [0.717, 1.165) is 12.0 Å². The van der Waals surface area contributed by atoms with Crippen LogP contribution in [-0.4, -0.2) is 11.3 Å². The van der Waals surface area contributed by atoms with Crippen LogP contribution in [-0.2, 0) is 17.3 Å². The first kappa shape index (κ1) is 9.90. The molecule has 4 heteroatoms. The normalized spacial score (nSPS) is 21.8. The van der Waals surface area contributed by atoms with Gasteiger partial charge in [-0.05, 0) is 18.9 Å². The summed E-state index contributed by atoms with van der Waals surface area (Å²) in [6.07, 6.45) is 1.44. The lowest BCUT2D eigenvalue weighted by Crippen LogP contribution is -2.30. The van der Waals surface area contributed by atoms with E-state index in [1.807, 2.05) is 6.07 Å². The Bertz CT molecular complexity index is 332. The highest BCUT2D eigenvalue weighted by molar-refractivity contribution is 7.97. The lowest BCUT2D eigenvalue weighted by molar-refractivity contribution is -0.0372. The minimum Gasteiger partial charge on any atom is -0.122 e. The fourth-order valence-electron chi connectivity index (χ4n) is 1.71. The quantitative estimate of drug-likeness (QED) is 0.588. The number of rotatable bonds is 0. The maximum Gasteiger partial charge on any atom is 0.580 e. The molecular weight excluding hydrogens is 209 g/mol. The van der Waals surface area contributed by atoms with Gasteiger partial charge in [0.15, 0.2) is 4.90 Å². The summed E-state index contributed by atoms with van der Waals surface area (Å²) in [5.41, 5.74) is -3.18. The Labute approximate surface area is 83.5 Å². The third-order valence-electron chi connectivity index (χ3n) is 2.31. The standard InChI is InChI=1S/C10H10F3S/c11-10(12,13)14-7-3-5-8-4-1-2-6-9(8)14/h1-2,4,6H,3,5,7H2/q+1. The predicted octanol–water partition coefficient (Wildman–Crippen LogP) is 3.13. The maximum atomic E-state index is 12.6. The highest BCUT2D eigenvalue weighted by Gasteiger charge is 2.54. The minimum absolute atomic E-state index is 0.264. The summed E-state index contributed by atoms with van der Waals surface area (Å²) in [7, 11) is -1.54. The fraction of sp³-hybridized carbons (Fsp3) is 0.400. The average Bonchev–Trinajstić information content (AvgIpc) is 2.15. The van der Waals surface area contributed by atoms with Crippen LogP contribution in [0, 0.1) is 0 Å². The molecule has 0 saturated carbocycles. The van der Waals surface area contributed by atoms with E-state index in [9.17, 15) is 13.2 Å². The molecule has 1 heterocycles. The van der Waals surface area contributed by atoms with Crippen molar-refractivity contribution >= 4 is 10.9 Å². The van der Waals surface area contributed by atoms with E-state index < -0.39 is 16.4 Å². The summed E-state index contributed by atoms with van der Waals surface area (Å²) in [5, 5.41) is 0. The van der Waals surface area contributed by atoms with Gasteiger partial charge < -0.3 is 0 Å². The molecule has 0 bridgehead atoms. The van der Waals surface area contributed by atoms with Gasteiger partial charge in [-0.25, -0.2) is 0 Å². The van der Waals surface area contributed by atoms with Crippen LogP contribution < -0.4 is 0 Å². The zero-order valence-corrected chi connectivity index (χ0v) is 8.29. The number of alkyl halides is 3. The number of hydrogen-bond acceptors (Lipinski definition) is 0. The summed E-state index contributed by atoms with van der Waals surface area (Å²) in [6, 6.07) is 6.92. The van der Waals surface area contributed by atoms with E-state index in [1.54, 1.807) is 18.2 Å². The average molecular weight is 219 g/mol. The SMILES string of the molecule is FC(F)(F)[S+]1CCCc2ccccc21. The molecule has 0 saturated heterocycles. The minimum atomic E-state index is -4.06. The van der Waals surface area contributed by atoms with Crippen molar-refractivity contribution < 1.29 is 13.2 Å². The van der Waals surface area contributed by atoms with Gasteiger partial charge in [0.05, 0.1) is 0 Å². The van der Waals surface area contributed by atoms with E-state index in [2.05, 4.69) is 0 Å². The topological polar surface area (TPSA) is 0 Å². The Morgan fingerprint density at radius 3 is 2.57 bits per heavy atom. The van der Waals surface area contributed by atoms with Crippen LogP contribution in [0.2, 0.25) is 0 Å². The van der Waals surface area contributed by atoms with Gasteiger partial charge in [0.1, 0.15) is 16.6 Å². The Morgan fingerprint density at radius 2 is 1.86 bits per heavy atom. The highest BCUT2D eigenvalue weighted by Crippen LogP contribution is 2.37. The summed E-state index contributed by atoms with van der Waals surface area (Å²) >= 11 is 0. The molecule has 1 aliphatic rings. The Hall–Kier alpha value is -0.640. The molecule has 0 aromatic heterocycles. The van der Waals surface area contributed by atoms with Gasteiger partial charge in [0.25, 0.3) is 0 Å². The fourth-order valence-corrected chi connectivity index (χ4v) is 3.57. The molecule has 14 heavy (non-hydrogen) atoms. The Morgan fingerprint density at radius 1 is 1.14 bits per heavy atom. The molecule has 0 N–H and O–H groups in total. The molecule has 76 valence electrons. The van der Waals surface area contributed by atoms with E-state index in [4.69, 9.17) is 0 Å². The van der Waals surface area contributed by atoms with Gasteiger partial charge in [0.2, 0.25) is 0 Å². The predicted molar refractivity (Wildman–Crippen MR) is 51.3 cm³/mol. The number of halogens is 3. The first-order valence-corrected chi connectivity index (χ1v) is 5.84. The number of aryl methyl sites for hydroxylation is 1. The molecule has 2 rings (SSSR count). The van der Waals surface area contributed by atoms with Gasteiger partial charge in [-0.1, -0.05) is 18.2 Å². The second-order valence-electron chi connectivity index (χ2n) is 3.25. The lowest BCUT2D eigenvalue weighted by Gasteiger charge is -2.17. The zero-order chi connectivity index (χ0) is 10.2. The first-order chi connectivity index (χ1) is 6.59. The van der Waals surface area contributed by atoms with Crippen LogP contribution in [0.25, 0.3) is 0 Å². The molecule has 1 unspecified atom stereocenters. The Kier molecular flexibility index (Phi) is 2.47. The largest absolute Gasteiger partial charge is 0.580 e. The van der Waals surface area contributed by atoms with E-state index in [1.165, 1.54) is 0 Å². The van der Waals surface area contributed by atoms with Crippen molar-refractivity contribution in [1.29, 1.82) is 0 Å². The van der Waals surface area contributed by atoms with Crippen LogP contribution in [0.4, 0.5) is 13.2 Å². The van der Waals surface area contributed by atoms with E-state index in [0.29, 0.717) is 11.3 Å². The zero-order valence-electron chi connectivity index (χ0n) is 7.47. The van der Waals surface area contributed by atoms with Crippen LogP contribution in [0.15, 0.2) is 29.2 Å². The lowest BCUT2D eigenvalue weighted by atomic mass is 10.1. The Balaban J connectivity index is 2.41. The van der Waals surface area contributed by atoms with Crippen molar-refractivity contribution in [2.75, 3.05) is 5.75 Å². The highest BCUT2D eigenvalue weighted by atomic mass is 32.2. The van der Waals surface area contributed by atoms with Crippen LogP contribution >= 0.6 is 0 Å². The molecule has 1 atom stereocenters. The van der Waals surface area contributed by atoms with Crippen LogP contribution in [0.5, 0.6) is 0 Å². The van der Waals surface area contributed by atoms with E-state index >= 15 is 0 Å². The second kappa shape index (κ2) is 3.50.